The van der Waals surface area contributed by atoms with Crippen molar-refractivity contribution in [1.29, 1.82) is 0 Å². The maximum Gasteiger partial charge on any atom is 0.673 e. The Bertz CT molecular complexity index is 106. The van der Waals surface area contributed by atoms with Gasteiger partial charge in [-0.3, -0.25) is 0 Å². The minimum Gasteiger partial charge on any atom is -0.418 e. The van der Waals surface area contributed by atoms with E-state index in [2.05, 4.69) is 20.8 Å². The summed E-state index contributed by atoms with van der Waals surface area (Å²) in [5.41, 5.74) is 0. The SMILES string of the molecule is CCC[S+](CC)CCC.F[B-](F)(F)F. The van der Waals surface area contributed by atoms with Gasteiger partial charge in [-0.1, -0.05) is 13.8 Å². The summed E-state index contributed by atoms with van der Waals surface area (Å²) in [6.45, 7) is 6.88. The minimum absolute atomic E-state index is 0.769. The second-order valence-corrected chi connectivity index (χ2v) is 5.42. The Morgan fingerprint density at radius 2 is 1.14 bits per heavy atom. The number of hydrogen-bond acceptors (Lipinski definition) is 0. The van der Waals surface area contributed by atoms with Crippen LogP contribution in [-0.4, -0.2) is 24.5 Å². The third-order valence-corrected chi connectivity index (χ3v) is 4.18. The molecule has 0 aliphatic carbocycles. The van der Waals surface area contributed by atoms with Gasteiger partial charge in [0.1, 0.15) is 17.3 Å². The average molecular weight is 234 g/mol. The van der Waals surface area contributed by atoms with Gasteiger partial charge in [0.2, 0.25) is 0 Å². The lowest BCUT2D eigenvalue weighted by Gasteiger charge is -2.01. The molecule has 0 fully saturated rings. The molecule has 14 heavy (non-hydrogen) atoms. The van der Waals surface area contributed by atoms with Gasteiger partial charge in [0.15, 0.2) is 0 Å². The molecule has 0 saturated heterocycles. The van der Waals surface area contributed by atoms with E-state index in [0.717, 1.165) is 10.9 Å². The summed E-state index contributed by atoms with van der Waals surface area (Å²) in [6.07, 6.45) is 2.74. The molecular formula is C8H19BF4S. The van der Waals surface area contributed by atoms with E-state index in [0.29, 0.717) is 0 Å². The predicted octanol–water partition coefficient (Wildman–Crippen LogP) is 3.74. The van der Waals surface area contributed by atoms with E-state index in [1.807, 2.05) is 0 Å². The molecule has 0 aliphatic heterocycles. The van der Waals surface area contributed by atoms with Gasteiger partial charge in [-0.05, 0) is 30.7 Å². The van der Waals surface area contributed by atoms with Crippen LogP contribution in [-0.2, 0) is 10.9 Å². The average Bonchev–Trinajstić information content (AvgIpc) is 2.01. The molecule has 0 unspecified atom stereocenters. The molecule has 0 N–H and O–H groups in total. The summed E-state index contributed by atoms with van der Waals surface area (Å²) in [5, 5.41) is 0. The highest BCUT2D eigenvalue weighted by Crippen LogP contribution is 2.06. The topological polar surface area (TPSA) is 0 Å². The standard InChI is InChI=1S/C8H19S.BF4/c1-4-7-9(6-3)8-5-2;2-1(3,4)5/h4-8H2,1-3H3;/q+1;-1. The van der Waals surface area contributed by atoms with Crippen molar-refractivity contribution in [1.82, 2.24) is 0 Å². The fourth-order valence-electron chi connectivity index (χ4n) is 0.968. The highest BCUT2D eigenvalue weighted by Gasteiger charge is 2.20. The third kappa shape index (κ3) is 22.7. The van der Waals surface area contributed by atoms with Gasteiger partial charge in [0.25, 0.3) is 0 Å². The zero-order chi connectivity index (χ0) is 11.6. The molecule has 0 amide bonds. The molecule has 0 atom stereocenters. The summed E-state index contributed by atoms with van der Waals surface area (Å²) in [7, 11) is -5.23. The van der Waals surface area contributed by atoms with E-state index >= 15 is 0 Å². The van der Waals surface area contributed by atoms with Crippen molar-refractivity contribution in [3.05, 3.63) is 0 Å². The van der Waals surface area contributed by atoms with Crippen LogP contribution < -0.4 is 0 Å². The minimum atomic E-state index is -6.00. The molecule has 0 bridgehead atoms. The van der Waals surface area contributed by atoms with Crippen LogP contribution in [0.1, 0.15) is 33.6 Å². The lowest BCUT2D eigenvalue weighted by Crippen LogP contribution is -2.13. The van der Waals surface area contributed by atoms with Crippen LogP contribution in [0.25, 0.3) is 0 Å². The third-order valence-electron chi connectivity index (χ3n) is 1.39. The molecule has 0 aliphatic rings. The number of halogens is 4. The smallest absolute Gasteiger partial charge is 0.418 e. The largest absolute Gasteiger partial charge is 0.673 e. The predicted molar refractivity (Wildman–Crippen MR) is 58.4 cm³/mol. The summed E-state index contributed by atoms with van der Waals surface area (Å²) in [4.78, 5) is 0. The van der Waals surface area contributed by atoms with E-state index in [1.165, 1.54) is 30.1 Å². The van der Waals surface area contributed by atoms with E-state index in [4.69, 9.17) is 0 Å². The normalized spacial score (nSPS) is 11.1. The molecule has 0 aromatic heterocycles. The Morgan fingerprint density at radius 3 is 1.29 bits per heavy atom. The quantitative estimate of drug-likeness (QED) is 0.386. The van der Waals surface area contributed by atoms with Crippen molar-refractivity contribution in [3.8, 4) is 0 Å². The van der Waals surface area contributed by atoms with Crippen LogP contribution in [0.2, 0.25) is 0 Å². The molecular weight excluding hydrogens is 215 g/mol. The molecule has 0 aromatic carbocycles. The second-order valence-electron chi connectivity index (χ2n) is 2.80. The van der Waals surface area contributed by atoms with Gasteiger partial charge in [-0.25, -0.2) is 0 Å². The molecule has 88 valence electrons. The lowest BCUT2D eigenvalue weighted by molar-refractivity contribution is 0.368. The van der Waals surface area contributed by atoms with Crippen molar-refractivity contribution in [2.75, 3.05) is 17.3 Å². The fourth-order valence-corrected chi connectivity index (χ4v) is 2.90. The molecule has 6 heteroatoms. The van der Waals surface area contributed by atoms with Crippen molar-refractivity contribution < 1.29 is 17.3 Å². The molecule has 0 spiro atoms. The number of hydrogen-bond donors (Lipinski definition) is 0. The van der Waals surface area contributed by atoms with E-state index in [9.17, 15) is 17.3 Å². The van der Waals surface area contributed by atoms with Crippen LogP contribution in [0, 0.1) is 0 Å². The molecule has 0 aromatic rings. The van der Waals surface area contributed by atoms with Gasteiger partial charge in [0.05, 0.1) is 0 Å². The summed E-state index contributed by atoms with van der Waals surface area (Å²) < 4.78 is 39.0. The van der Waals surface area contributed by atoms with Gasteiger partial charge >= 0.3 is 7.25 Å². The van der Waals surface area contributed by atoms with Crippen LogP contribution in [0.3, 0.4) is 0 Å². The molecule has 0 rings (SSSR count). The highest BCUT2D eigenvalue weighted by molar-refractivity contribution is 7.96. The Balaban J connectivity index is 0. The Morgan fingerprint density at radius 1 is 0.857 bits per heavy atom. The monoisotopic (exact) mass is 234 g/mol. The Labute approximate surface area is 86.9 Å². The van der Waals surface area contributed by atoms with E-state index in [1.54, 1.807) is 0 Å². The molecule has 0 heterocycles. The lowest BCUT2D eigenvalue weighted by atomic mass is 10.3. The van der Waals surface area contributed by atoms with Gasteiger partial charge in [0, 0.05) is 0 Å². The first-order chi connectivity index (χ1) is 6.35. The first-order valence-corrected chi connectivity index (χ1v) is 6.59. The van der Waals surface area contributed by atoms with Crippen LogP contribution >= 0.6 is 0 Å². The first kappa shape index (κ1) is 16.6. The maximum atomic E-state index is 9.75. The summed E-state index contributed by atoms with van der Waals surface area (Å²) >= 11 is 0. The maximum absolute atomic E-state index is 9.75. The van der Waals surface area contributed by atoms with Crippen molar-refractivity contribution >= 4 is 18.1 Å². The molecule has 0 saturated carbocycles. The second kappa shape index (κ2) is 9.68. The Hall–Kier alpha value is 0.135. The summed E-state index contributed by atoms with van der Waals surface area (Å²) in [6, 6.07) is 0. The van der Waals surface area contributed by atoms with Crippen molar-refractivity contribution in [2.45, 2.75) is 33.6 Å². The summed E-state index contributed by atoms with van der Waals surface area (Å²) in [5.74, 6) is 4.33. The zero-order valence-electron chi connectivity index (χ0n) is 9.03. The van der Waals surface area contributed by atoms with E-state index in [-0.39, 0.29) is 0 Å². The van der Waals surface area contributed by atoms with Crippen molar-refractivity contribution in [2.24, 2.45) is 0 Å². The number of rotatable bonds is 5. The molecule has 0 radical (unpaired) electrons. The Kier molecular flexibility index (Phi) is 11.5. The van der Waals surface area contributed by atoms with Gasteiger partial charge in [-0.15, -0.1) is 0 Å². The molecule has 0 nitrogen and oxygen atoms in total. The highest BCUT2D eigenvalue weighted by atomic mass is 32.2. The van der Waals surface area contributed by atoms with Crippen molar-refractivity contribution in [3.63, 3.8) is 0 Å². The zero-order valence-corrected chi connectivity index (χ0v) is 9.85. The van der Waals surface area contributed by atoms with Crippen LogP contribution in [0.4, 0.5) is 17.3 Å². The van der Waals surface area contributed by atoms with Gasteiger partial charge in [-0.2, -0.15) is 0 Å². The fraction of sp³-hybridized carbons (Fsp3) is 1.00. The first-order valence-electron chi connectivity index (χ1n) is 4.86. The van der Waals surface area contributed by atoms with Gasteiger partial charge < -0.3 is 17.3 Å². The van der Waals surface area contributed by atoms with Crippen LogP contribution in [0.15, 0.2) is 0 Å². The van der Waals surface area contributed by atoms with Crippen LogP contribution in [0.5, 0.6) is 0 Å². The van der Waals surface area contributed by atoms with E-state index < -0.39 is 7.25 Å².